The number of benzene rings is 1. The predicted octanol–water partition coefficient (Wildman–Crippen LogP) is 1.87. The van der Waals surface area contributed by atoms with Crippen LogP contribution in [0.3, 0.4) is 0 Å². The van der Waals surface area contributed by atoms with Gasteiger partial charge in [-0.25, -0.2) is 4.79 Å². The van der Waals surface area contributed by atoms with E-state index in [-0.39, 0.29) is 11.0 Å². The van der Waals surface area contributed by atoms with E-state index in [2.05, 4.69) is 10.6 Å². The minimum atomic E-state index is -0.415. The van der Waals surface area contributed by atoms with Crippen molar-refractivity contribution in [1.82, 2.24) is 10.6 Å². The van der Waals surface area contributed by atoms with Crippen LogP contribution >= 0.6 is 12.2 Å². The quantitative estimate of drug-likeness (QED) is 0.726. The summed E-state index contributed by atoms with van der Waals surface area (Å²) in [5, 5.41) is 5.72. The summed E-state index contributed by atoms with van der Waals surface area (Å²) in [6.07, 6.45) is 3.29. The topological polar surface area (TPSA) is 67.1 Å². The van der Waals surface area contributed by atoms with Crippen molar-refractivity contribution in [3.8, 4) is 0 Å². The zero-order valence-corrected chi connectivity index (χ0v) is 10.9. The van der Waals surface area contributed by atoms with Crippen LogP contribution in [0.5, 0.6) is 0 Å². The standard InChI is InChI=1S/C13H17N3OS/c14-12(18)11(9-5-2-1-3-6-9)16-13(17)15-10-7-4-8-10/h1-3,5-6,10-11H,4,7-8H2,(H2,14,18)(H2,15,16,17). The number of nitrogens with two attached hydrogens (primary N) is 1. The van der Waals surface area contributed by atoms with Crippen LogP contribution in [0.25, 0.3) is 0 Å². The molecular formula is C13H17N3OS. The highest BCUT2D eigenvalue weighted by Gasteiger charge is 2.22. The third kappa shape index (κ3) is 3.20. The highest BCUT2D eigenvalue weighted by Crippen LogP contribution is 2.18. The largest absolute Gasteiger partial charge is 0.391 e. The van der Waals surface area contributed by atoms with Gasteiger partial charge < -0.3 is 16.4 Å². The summed E-state index contributed by atoms with van der Waals surface area (Å²) < 4.78 is 0. The van der Waals surface area contributed by atoms with E-state index in [9.17, 15) is 4.79 Å². The van der Waals surface area contributed by atoms with E-state index in [1.165, 1.54) is 6.42 Å². The fourth-order valence-corrected chi connectivity index (χ4v) is 2.07. The maximum Gasteiger partial charge on any atom is 0.315 e. The normalized spacial score (nSPS) is 16.4. The Morgan fingerprint density at radius 2 is 2.00 bits per heavy atom. The second kappa shape index (κ2) is 5.82. The minimum absolute atomic E-state index is 0.207. The van der Waals surface area contributed by atoms with Crippen molar-refractivity contribution in [2.24, 2.45) is 5.73 Å². The molecule has 2 amide bonds. The average Bonchev–Trinajstić information content (AvgIpc) is 2.31. The molecule has 0 bridgehead atoms. The van der Waals surface area contributed by atoms with Crippen molar-refractivity contribution in [2.45, 2.75) is 31.3 Å². The van der Waals surface area contributed by atoms with Crippen molar-refractivity contribution in [3.63, 3.8) is 0 Å². The van der Waals surface area contributed by atoms with E-state index in [1.807, 2.05) is 30.3 Å². The molecule has 1 atom stereocenters. The third-order valence-electron chi connectivity index (χ3n) is 3.13. The summed E-state index contributed by atoms with van der Waals surface area (Å²) >= 11 is 5.01. The van der Waals surface area contributed by atoms with Crippen molar-refractivity contribution in [2.75, 3.05) is 0 Å². The Hall–Kier alpha value is -1.62. The molecule has 1 fully saturated rings. The molecule has 1 aliphatic carbocycles. The van der Waals surface area contributed by atoms with Crippen LogP contribution < -0.4 is 16.4 Å². The molecule has 0 aromatic heterocycles. The van der Waals surface area contributed by atoms with Gasteiger partial charge in [0.15, 0.2) is 0 Å². The zero-order valence-electron chi connectivity index (χ0n) is 10.1. The van der Waals surface area contributed by atoms with E-state index < -0.39 is 6.04 Å². The molecule has 0 spiro atoms. The van der Waals surface area contributed by atoms with Crippen molar-refractivity contribution in [1.29, 1.82) is 0 Å². The molecule has 96 valence electrons. The first-order valence-electron chi connectivity index (χ1n) is 6.08. The molecule has 1 unspecified atom stereocenters. The average molecular weight is 263 g/mol. The summed E-state index contributed by atoms with van der Waals surface area (Å²) in [7, 11) is 0. The number of hydrogen-bond acceptors (Lipinski definition) is 2. The first kappa shape index (κ1) is 12.8. The summed E-state index contributed by atoms with van der Waals surface area (Å²) in [5.41, 5.74) is 6.58. The third-order valence-corrected chi connectivity index (χ3v) is 3.37. The van der Waals surface area contributed by atoms with Crippen molar-refractivity contribution < 1.29 is 4.79 Å². The number of carbonyl (C=O) groups is 1. The molecule has 0 aliphatic heterocycles. The summed E-state index contributed by atoms with van der Waals surface area (Å²) in [5.74, 6) is 0. The van der Waals surface area contributed by atoms with E-state index in [4.69, 9.17) is 18.0 Å². The van der Waals surface area contributed by atoms with Crippen LogP contribution in [0.1, 0.15) is 30.9 Å². The molecule has 0 radical (unpaired) electrons. The van der Waals surface area contributed by atoms with Gasteiger partial charge in [-0.3, -0.25) is 0 Å². The Morgan fingerprint density at radius 1 is 1.33 bits per heavy atom. The van der Waals surface area contributed by atoms with Crippen LogP contribution in [0.15, 0.2) is 30.3 Å². The lowest BCUT2D eigenvalue weighted by molar-refractivity contribution is 0.227. The Kier molecular flexibility index (Phi) is 4.15. The fourth-order valence-electron chi connectivity index (χ4n) is 1.87. The van der Waals surface area contributed by atoms with Gasteiger partial charge in [0, 0.05) is 6.04 Å². The maximum absolute atomic E-state index is 11.8. The number of hydrogen-bond donors (Lipinski definition) is 3. The monoisotopic (exact) mass is 263 g/mol. The Morgan fingerprint density at radius 3 is 2.50 bits per heavy atom. The Balaban J connectivity index is 1.98. The lowest BCUT2D eigenvalue weighted by atomic mass is 9.93. The van der Waals surface area contributed by atoms with Gasteiger partial charge in [-0.2, -0.15) is 0 Å². The Labute approximate surface area is 112 Å². The molecule has 4 nitrogen and oxygen atoms in total. The van der Waals surface area contributed by atoms with Crippen LogP contribution in [-0.4, -0.2) is 17.1 Å². The summed E-state index contributed by atoms with van der Waals surface area (Å²) in [4.78, 5) is 12.1. The van der Waals surface area contributed by atoms with Gasteiger partial charge in [0.1, 0.15) is 11.0 Å². The van der Waals surface area contributed by atoms with Crippen LogP contribution in [0.2, 0.25) is 0 Å². The van der Waals surface area contributed by atoms with Crippen molar-refractivity contribution in [3.05, 3.63) is 35.9 Å². The van der Waals surface area contributed by atoms with Gasteiger partial charge in [-0.1, -0.05) is 42.5 Å². The lowest BCUT2D eigenvalue weighted by Gasteiger charge is -2.27. The smallest absolute Gasteiger partial charge is 0.315 e. The summed E-state index contributed by atoms with van der Waals surface area (Å²) in [6.45, 7) is 0. The van der Waals surface area contributed by atoms with E-state index in [1.54, 1.807) is 0 Å². The van der Waals surface area contributed by atoms with Crippen LogP contribution in [-0.2, 0) is 0 Å². The number of urea groups is 1. The van der Waals surface area contributed by atoms with Gasteiger partial charge in [-0.15, -0.1) is 0 Å². The molecule has 0 heterocycles. The molecule has 1 aromatic carbocycles. The second-order valence-electron chi connectivity index (χ2n) is 4.49. The number of amides is 2. The zero-order chi connectivity index (χ0) is 13.0. The highest BCUT2D eigenvalue weighted by atomic mass is 32.1. The van der Waals surface area contributed by atoms with Crippen molar-refractivity contribution >= 4 is 23.2 Å². The molecule has 1 saturated carbocycles. The van der Waals surface area contributed by atoms with Gasteiger partial charge in [0.25, 0.3) is 0 Å². The molecular weight excluding hydrogens is 246 g/mol. The first-order chi connectivity index (χ1) is 8.66. The Bertz CT molecular complexity index is 431. The fraction of sp³-hybridized carbons (Fsp3) is 0.385. The molecule has 5 heteroatoms. The molecule has 1 aromatic rings. The highest BCUT2D eigenvalue weighted by molar-refractivity contribution is 7.80. The van der Waals surface area contributed by atoms with Gasteiger partial charge in [0.2, 0.25) is 0 Å². The first-order valence-corrected chi connectivity index (χ1v) is 6.49. The molecule has 18 heavy (non-hydrogen) atoms. The van der Waals surface area contributed by atoms with Crippen LogP contribution in [0, 0.1) is 0 Å². The lowest BCUT2D eigenvalue weighted by Crippen LogP contribution is -2.48. The second-order valence-corrected chi connectivity index (χ2v) is 4.96. The van der Waals surface area contributed by atoms with E-state index in [0.717, 1.165) is 18.4 Å². The number of thiocarbonyl (C=S) groups is 1. The van der Waals surface area contributed by atoms with Gasteiger partial charge >= 0.3 is 6.03 Å². The minimum Gasteiger partial charge on any atom is -0.391 e. The van der Waals surface area contributed by atoms with E-state index in [0.29, 0.717) is 6.04 Å². The SMILES string of the molecule is NC(=S)C(NC(=O)NC1CCC1)c1ccccc1. The van der Waals surface area contributed by atoms with E-state index >= 15 is 0 Å². The number of carbonyl (C=O) groups excluding carboxylic acids is 1. The predicted molar refractivity (Wildman–Crippen MR) is 75.3 cm³/mol. The number of nitrogens with one attached hydrogen (secondary N) is 2. The molecule has 0 saturated heterocycles. The maximum atomic E-state index is 11.8. The summed E-state index contributed by atoms with van der Waals surface area (Å²) in [6, 6.07) is 9.17. The van der Waals surface area contributed by atoms with Crippen LogP contribution in [0.4, 0.5) is 4.79 Å². The molecule has 1 aliphatic rings. The molecule has 4 N–H and O–H groups in total. The molecule has 2 rings (SSSR count). The van der Waals surface area contributed by atoms with Gasteiger partial charge in [-0.05, 0) is 24.8 Å². The number of rotatable bonds is 4. The van der Waals surface area contributed by atoms with Gasteiger partial charge in [0.05, 0.1) is 0 Å².